The lowest BCUT2D eigenvalue weighted by Gasteiger charge is -2.19. The highest BCUT2D eigenvalue weighted by atomic mass is 16.3. The Morgan fingerprint density at radius 3 is 0.902 bits per heavy atom. The van der Waals surface area contributed by atoms with Crippen molar-refractivity contribution in [1.82, 2.24) is 0 Å². The van der Waals surface area contributed by atoms with E-state index >= 15 is 0 Å². The monoisotopic (exact) mass is 1300 g/mol. The van der Waals surface area contributed by atoms with Crippen molar-refractivity contribution < 1.29 is 8.83 Å². The molecule has 0 aliphatic carbocycles. The molecule has 18 aromatic carbocycles. The van der Waals surface area contributed by atoms with E-state index in [0.717, 1.165) is 72.4 Å². The standard InChI is InChI=1S/2C50H32O/c1-3-15-35(16-4-1)47-49-44(24-13-25-45(49)51-50(47)37-17-5-2-6-18-37)48-42-22-11-9-20-40(42)46(41-21-10-12-23-43(41)48)36-29-26-34(27-30-36)39-31-28-33-14-7-8-19-38(33)32-39;1-3-15-35(16-4-1)47-44-24-13-25-45(50(44)51-49(47)37-17-5-2-6-18-37)48-42-22-11-9-20-40(42)46(41-21-10-12-23-43(41)48)36-29-26-34(27-30-36)39-31-28-33-14-7-8-19-38(33)32-39/h2*1-32H. The predicted molar refractivity (Wildman–Crippen MR) is 432 cm³/mol. The molecule has 0 aliphatic heterocycles. The number of hydrogen-bond donors (Lipinski definition) is 0. The first-order valence-electron chi connectivity index (χ1n) is 35.0. The van der Waals surface area contributed by atoms with Crippen LogP contribution in [0.3, 0.4) is 0 Å². The SMILES string of the molecule is c1ccc(-c2oc3c(-c4c5ccccc5c(-c5ccc(-c6ccc7ccccc7c6)cc5)c5ccccc45)cccc3c2-c2ccccc2)cc1.c1ccc(-c2oc3cccc(-c4c5ccccc5c(-c5ccc(-c6ccc7ccccc7c6)cc5)c5ccccc45)c3c2-c2ccccc2)cc1. The summed E-state index contributed by atoms with van der Waals surface area (Å²) in [5.41, 5.74) is 22.9. The number of benzene rings is 18. The fraction of sp³-hybridized carbons (Fsp3) is 0. The summed E-state index contributed by atoms with van der Waals surface area (Å²) in [6.45, 7) is 0. The van der Waals surface area contributed by atoms with Gasteiger partial charge in [-0.3, -0.25) is 0 Å². The average molecular weight is 1300 g/mol. The fourth-order valence-corrected chi connectivity index (χ4v) is 15.9. The third kappa shape index (κ3) is 10.4. The van der Waals surface area contributed by atoms with E-state index in [1.165, 1.54) is 126 Å². The molecule has 2 heterocycles. The quantitative estimate of drug-likeness (QED) is 0.128. The van der Waals surface area contributed by atoms with Crippen molar-refractivity contribution in [3.63, 3.8) is 0 Å². The Morgan fingerprint density at radius 1 is 0.157 bits per heavy atom. The first-order valence-corrected chi connectivity index (χ1v) is 35.0. The highest BCUT2D eigenvalue weighted by Crippen LogP contribution is 2.52. The van der Waals surface area contributed by atoms with Gasteiger partial charge in [0, 0.05) is 44.2 Å². The van der Waals surface area contributed by atoms with Gasteiger partial charge in [-0.25, -0.2) is 0 Å². The van der Waals surface area contributed by atoms with Crippen LogP contribution in [0.4, 0.5) is 0 Å². The summed E-state index contributed by atoms with van der Waals surface area (Å²) < 4.78 is 13.8. The van der Waals surface area contributed by atoms with Gasteiger partial charge in [-0.05, 0) is 150 Å². The molecule has 0 saturated carbocycles. The molecule has 0 aliphatic rings. The second kappa shape index (κ2) is 25.5. The Labute approximate surface area is 591 Å². The molecule has 2 aromatic heterocycles. The molecule has 0 atom stereocenters. The Balaban J connectivity index is 0.000000141. The van der Waals surface area contributed by atoms with Crippen LogP contribution in [0.25, 0.3) is 198 Å². The van der Waals surface area contributed by atoms with Crippen molar-refractivity contribution in [2.75, 3.05) is 0 Å². The molecule has 0 bridgehead atoms. The molecule has 20 aromatic rings. The summed E-state index contributed by atoms with van der Waals surface area (Å²) >= 11 is 0. The second-order valence-corrected chi connectivity index (χ2v) is 26.4. The first-order chi connectivity index (χ1) is 50.6. The molecule has 0 amide bonds. The molecule has 0 saturated heterocycles. The minimum Gasteiger partial charge on any atom is -0.455 e. The van der Waals surface area contributed by atoms with E-state index in [0.29, 0.717) is 0 Å². The molecule has 0 unspecified atom stereocenters. The minimum absolute atomic E-state index is 0.881. The van der Waals surface area contributed by atoms with Crippen molar-refractivity contribution in [3.05, 3.63) is 388 Å². The van der Waals surface area contributed by atoms with Crippen LogP contribution in [0.2, 0.25) is 0 Å². The van der Waals surface area contributed by atoms with Crippen LogP contribution in [-0.4, -0.2) is 0 Å². The van der Waals surface area contributed by atoms with Gasteiger partial charge in [-0.1, -0.05) is 370 Å². The molecular weight excluding hydrogens is 1230 g/mol. The summed E-state index contributed by atoms with van der Waals surface area (Å²) in [5, 5.41) is 17.0. The van der Waals surface area contributed by atoms with Crippen LogP contribution < -0.4 is 0 Å². The van der Waals surface area contributed by atoms with E-state index in [9.17, 15) is 0 Å². The van der Waals surface area contributed by atoms with Gasteiger partial charge in [0.25, 0.3) is 0 Å². The highest BCUT2D eigenvalue weighted by molar-refractivity contribution is 6.26. The summed E-state index contributed by atoms with van der Waals surface area (Å²) in [6, 6.07) is 139. The topological polar surface area (TPSA) is 26.3 Å². The molecule has 0 fully saturated rings. The maximum absolute atomic E-state index is 7.02. The third-order valence-corrected chi connectivity index (χ3v) is 20.5. The van der Waals surface area contributed by atoms with E-state index in [1.54, 1.807) is 0 Å². The van der Waals surface area contributed by atoms with E-state index in [4.69, 9.17) is 8.83 Å². The zero-order chi connectivity index (χ0) is 67.5. The molecule has 0 radical (unpaired) electrons. The molecule has 20 rings (SSSR count). The van der Waals surface area contributed by atoms with Crippen molar-refractivity contribution in [3.8, 4) is 112 Å². The van der Waals surface area contributed by atoms with Crippen molar-refractivity contribution in [2.45, 2.75) is 0 Å². The van der Waals surface area contributed by atoms with Crippen LogP contribution in [-0.2, 0) is 0 Å². The number of para-hydroxylation sites is 1. The first kappa shape index (κ1) is 59.8. The van der Waals surface area contributed by atoms with E-state index < -0.39 is 0 Å². The summed E-state index contributed by atoms with van der Waals surface area (Å²) in [5.74, 6) is 1.78. The largest absolute Gasteiger partial charge is 0.455 e. The Bertz CT molecular complexity index is 6410. The van der Waals surface area contributed by atoms with Gasteiger partial charge in [0.2, 0.25) is 0 Å². The van der Waals surface area contributed by atoms with Crippen molar-refractivity contribution in [2.24, 2.45) is 0 Å². The smallest absolute Gasteiger partial charge is 0.143 e. The number of furan rings is 2. The third-order valence-electron chi connectivity index (χ3n) is 20.5. The van der Waals surface area contributed by atoms with E-state index in [1.807, 2.05) is 0 Å². The summed E-state index contributed by atoms with van der Waals surface area (Å²) in [7, 11) is 0. The van der Waals surface area contributed by atoms with Crippen molar-refractivity contribution in [1.29, 1.82) is 0 Å². The number of rotatable bonds is 10. The van der Waals surface area contributed by atoms with Crippen LogP contribution in [0.1, 0.15) is 0 Å². The van der Waals surface area contributed by atoms with Crippen LogP contribution in [0, 0.1) is 0 Å². The van der Waals surface area contributed by atoms with Crippen LogP contribution in [0.5, 0.6) is 0 Å². The van der Waals surface area contributed by atoms with Crippen molar-refractivity contribution >= 4 is 86.6 Å². The molecule has 0 spiro atoms. The maximum atomic E-state index is 7.02. The molecule has 2 nitrogen and oxygen atoms in total. The highest BCUT2D eigenvalue weighted by Gasteiger charge is 2.27. The second-order valence-electron chi connectivity index (χ2n) is 26.4. The minimum atomic E-state index is 0.881. The maximum Gasteiger partial charge on any atom is 0.143 e. The molecular formula is C100H64O2. The normalized spacial score (nSPS) is 11.5. The summed E-state index contributed by atoms with van der Waals surface area (Å²) in [6.07, 6.45) is 0. The van der Waals surface area contributed by atoms with Gasteiger partial charge >= 0.3 is 0 Å². The zero-order valence-electron chi connectivity index (χ0n) is 55.8. The van der Waals surface area contributed by atoms with Crippen LogP contribution in [0.15, 0.2) is 397 Å². The van der Waals surface area contributed by atoms with Gasteiger partial charge in [-0.15, -0.1) is 0 Å². The van der Waals surface area contributed by atoms with Gasteiger partial charge in [0.1, 0.15) is 22.7 Å². The molecule has 476 valence electrons. The van der Waals surface area contributed by atoms with E-state index in [-0.39, 0.29) is 0 Å². The average Bonchev–Trinajstić information content (AvgIpc) is 1.16. The van der Waals surface area contributed by atoms with E-state index in [2.05, 4.69) is 388 Å². The van der Waals surface area contributed by atoms with Gasteiger partial charge in [0.05, 0.1) is 0 Å². The molecule has 102 heavy (non-hydrogen) atoms. The fourth-order valence-electron chi connectivity index (χ4n) is 15.9. The Morgan fingerprint density at radius 2 is 0.461 bits per heavy atom. The number of hydrogen-bond acceptors (Lipinski definition) is 2. The van der Waals surface area contributed by atoms with Crippen LogP contribution >= 0.6 is 0 Å². The van der Waals surface area contributed by atoms with Gasteiger partial charge in [-0.2, -0.15) is 0 Å². The lowest BCUT2D eigenvalue weighted by atomic mass is 9.84. The zero-order valence-corrected chi connectivity index (χ0v) is 55.8. The lowest BCUT2D eigenvalue weighted by molar-refractivity contribution is 0.632. The lowest BCUT2D eigenvalue weighted by Crippen LogP contribution is -1.92. The van der Waals surface area contributed by atoms with Gasteiger partial charge in [0.15, 0.2) is 0 Å². The summed E-state index contributed by atoms with van der Waals surface area (Å²) in [4.78, 5) is 0. The Kier molecular flexibility index (Phi) is 14.9. The molecule has 0 N–H and O–H groups in total. The van der Waals surface area contributed by atoms with Gasteiger partial charge < -0.3 is 8.83 Å². The Hall–Kier alpha value is -13.4. The number of fused-ring (bicyclic) bond motifs is 8. The predicted octanol–water partition coefficient (Wildman–Crippen LogP) is 28.5. The molecule has 2 heteroatoms.